The van der Waals surface area contributed by atoms with Crippen LogP contribution in [-0.4, -0.2) is 43.2 Å². The molecule has 9 heteroatoms. The van der Waals surface area contributed by atoms with Gasteiger partial charge in [0.2, 0.25) is 10.0 Å². The number of hydrogen-bond acceptors (Lipinski definition) is 6. The number of amides is 1. The average molecular weight is 448 g/mol. The molecule has 1 aromatic carbocycles. The molecule has 29 heavy (non-hydrogen) atoms. The number of nitrogens with one attached hydrogen (secondary N) is 1. The summed E-state index contributed by atoms with van der Waals surface area (Å²) in [4.78, 5) is 18.2. The molecule has 2 aromatic heterocycles. The number of hydrogen-bond donors (Lipinski definition) is 1. The molecule has 1 amide bonds. The van der Waals surface area contributed by atoms with Gasteiger partial charge in [0.05, 0.1) is 9.77 Å². The molecule has 0 atom stereocenters. The summed E-state index contributed by atoms with van der Waals surface area (Å²) in [6, 6.07) is 12.5. The Morgan fingerprint density at radius 1 is 1.10 bits per heavy atom. The average Bonchev–Trinajstić information content (AvgIpc) is 3.45. The Morgan fingerprint density at radius 3 is 2.55 bits per heavy atom. The zero-order valence-electron chi connectivity index (χ0n) is 15.7. The largest absolute Gasteiger partial charge is 0.350 e. The van der Waals surface area contributed by atoms with Crippen molar-refractivity contribution in [1.29, 1.82) is 0 Å². The molecule has 0 aliphatic carbocycles. The van der Waals surface area contributed by atoms with Crippen LogP contribution in [0.25, 0.3) is 9.88 Å². The van der Waals surface area contributed by atoms with Gasteiger partial charge in [-0.15, -0.1) is 22.7 Å². The normalized spacial score (nSPS) is 16.0. The molecule has 0 saturated carbocycles. The minimum Gasteiger partial charge on any atom is -0.350 e. The van der Waals surface area contributed by atoms with Gasteiger partial charge in [-0.1, -0.05) is 24.3 Å². The van der Waals surface area contributed by atoms with Gasteiger partial charge in [0.15, 0.2) is 0 Å². The van der Waals surface area contributed by atoms with E-state index in [1.807, 2.05) is 17.5 Å². The van der Waals surface area contributed by atoms with E-state index < -0.39 is 10.0 Å². The van der Waals surface area contributed by atoms with Crippen molar-refractivity contribution in [1.82, 2.24) is 14.6 Å². The highest BCUT2D eigenvalue weighted by atomic mass is 32.2. The predicted molar refractivity (Wildman–Crippen MR) is 116 cm³/mol. The smallest absolute Gasteiger partial charge is 0.270 e. The van der Waals surface area contributed by atoms with Crippen molar-refractivity contribution >= 4 is 38.6 Å². The van der Waals surface area contributed by atoms with E-state index in [1.165, 1.54) is 15.6 Å². The number of carbonyl (C=O) groups is 1. The number of thiophene rings is 1. The van der Waals surface area contributed by atoms with Gasteiger partial charge in [0, 0.05) is 25.0 Å². The van der Waals surface area contributed by atoms with Crippen molar-refractivity contribution in [3.63, 3.8) is 0 Å². The van der Waals surface area contributed by atoms with Gasteiger partial charge in [-0.25, -0.2) is 13.4 Å². The highest BCUT2D eigenvalue weighted by molar-refractivity contribution is 7.89. The maximum atomic E-state index is 12.7. The number of piperidine rings is 1. The number of nitrogens with zero attached hydrogens (tertiary/aromatic N) is 2. The van der Waals surface area contributed by atoms with Crippen molar-refractivity contribution in [2.45, 2.75) is 17.7 Å². The molecule has 1 saturated heterocycles. The van der Waals surface area contributed by atoms with Gasteiger partial charge in [-0.3, -0.25) is 4.79 Å². The highest BCUT2D eigenvalue weighted by Gasteiger charge is 2.29. The molecule has 1 N–H and O–H groups in total. The minimum atomic E-state index is -3.44. The van der Waals surface area contributed by atoms with Crippen LogP contribution in [0.4, 0.5) is 0 Å². The van der Waals surface area contributed by atoms with Crippen molar-refractivity contribution in [3.8, 4) is 9.88 Å². The molecule has 1 aliphatic heterocycles. The summed E-state index contributed by atoms with van der Waals surface area (Å²) < 4.78 is 26.9. The summed E-state index contributed by atoms with van der Waals surface area (Å²) in [5.74, 6) is 0.0833. The SMILES string of the molecule is O=C(NCC1CCN(S(=O)(=O)c2ccccc2)CC1)c1csc(-c2cccs2)n1. The van der Waals surface area contributed by atoms with Crippen LogP contribution in [0.5, 0.6) is 0 Å². The van der Waals surface area contributed by atoms with E-state index in [1.54, 1.807) is 47.0 Å². The lowest BCUT2D eigenvalue weighted by Gasteiger charge is -2.31. The second-order valence-corrected chi connectivity index (χ2v) is 10.6. The van der Waals surface area contributed by atoms with Crippen molar-refractivity contribution in [3.05, 3.63) is 58.9 Å². The molecular weight excluding hydrogens is 426 g/mol. The topological polar surface area (TPSA) is 79.4 Å². The molecule has 0 bridgehead atoms. The fourth-order valence-electron chi connectivity index (χ4n) is 3.31. The number of thiazole rings is 1. The van der Waals surface area contributed by atoms with E-state index in [0.717, 1.165) is 22.7 Å². The van der Waals surface area contributed by atoms with Crippen molar-refractivity contribution in [2.24, 2.45) is 5.92 Å². The number of benzene rings is 1. The van der Waals surface area contributed by atoms with Gasteiger partial charge in [-0.05, 0) is 42.3 Å². The first-order valence-corrected chi connectivity index (χ1v) is 12.6. The lowest BCUT2D eigenvalue weighted by atomic mass is 9.98. The lowest BCUT2D eigenvalue weighted by molar-refractivity contribution is 0.0937. The van der Waals surface area contributed by atoms with Gasteiger partial charge in [0.1, 0.15) is 10.7 Å². The number of rotatable bonds is 6. The minimum absolute atomic E-state index is 0.177. The van der Waals surface area contributed by atoms with E-state index in [9.17, 15) is 13.2 Å². The summed E-state index contributed by atoms with van der Waals surface area (Å²) in [6.07, 6.45) is 1.45. The molecule has 152 valence electrons. The van der Waals surface area contributed by atoms with Gasteiger partial charge < -0.3 is 5.32 Å². The van der Waals surface area contributed by atoms with Gasteiger partial charge in [-0.2, -0.15) is 4.31 Å². The molecule has 1 fully saturated rings. The van der Waals surface area contributed by atoms with Crippen LogP contribution in [-0.2, 0) is 10.0 Å². The summed E-state index contributed by atoms with van der Waals surface area (Å²) in [7, 11) is -3.44. The van der Waals surface area contributed by atoms with Crippen LogP contribution in [0.1, 0.15) is 23.3 Å². The molecule has 4 rings (SSSR count). The van der Waals surface area contributed by atoms with Crippen molar-refractivity contribution < 1.29 is 13.2 Å². The fraction of sp³-hybridized carbons (Fsp3) is 0.300. The second kappa shape index (κ2) is 8.74. The van der Waals surface area contributed by atoms with Gasteiger partial charge in [0.25, 0.3) is 5.91 Å². The Morgan fingerprint density at radius 2 is 1.86 bits per heavy atom. The quantitative estimate of drug-likeness (QED) is 0.625. The Kier molecular flexibility index (Phi) is 6.09. The van der Waals surface area contributed by atoms with E-state index in [4.69, 9.17) is 0 Å². The van der Waals surface area contributed by atoms with Crippen molar-refractivity contribution in [2.75, 3.05) is 19.6 Å². The Balaban J connectivity index is 1.29. The van der Waals surface area contributed by atoms with Crippen LogP contribution >= 0.6 is 22.7 Å². The molecular formula is C20H21N3O3S3. The van der Waals surface area contributed by atoms with E-state index in [2.05, 4.69) is 10.3 Å². The first kappa shape index (κ1) is 20.2. The summed E-state index contributed by atoms with van der Waals surface area (Å²) in [5.41, 5.74) is 0.433. The summed E-state index contributed by atoms with van der Waals surface area (Å²) in [6.45, 7) is 1.47. The summed E-state index contributed by atoms with van der Waals surface area (Å²) in [5, 5.41) is 7.57. The van der Waals surface area contributed by atoms with Crippen LogP contribution < -0.4 is 5.32 Å². The Hall–Kier alpha value is -2.07. The van der Waals surface area contributed by atoms with E-state index >= 15 is 0 Å². The van der Waals surface area contributed by atoms with E-state index in [0.29, 0.717) is 30.2 Å². The van der Waals surface area contributed by atoms with E-state index in [-0.39, 0.29) is 11.8 Å². The van der Waals surface area contributed by atoms with Crippen LogP contribution in [0.3, 0.4) is 0 Å². The predicted octanol–water partition coefficient (Wildman–Crippen LogP) is 3.70. The Labute approximate surface area is 178 Å². The first-order chi connectivity index (χ1) is 14.0. The third kappa shape index (κ3) is 4.58. The zero-order valence-corrected chi connectivity index (χ0v) is 18.1. The first-order valence-electron chi connectivity index (χ1n) is 9.37. The molecule has 1 aliphatic rings. The fourth-order valence-corrected chi connectivity index (χ4v) is 6.42. The molecule has 3 aromatic rings. The number of carbonyl (C=O) groups excluding carboxylic acids is 1. The summed E-state index contributed by atoms with van der Waals surface area (Å²) >= 11 is 3.06. The van der Waals surface area contributed by atoms with Crippen LogP contribution in [0.2, 0.25) is 0 Å². The lowest BCUT2D eigenvalue weighted by Crippen LogP contribution is -2.41. The highest BCUT2D eigenvalue weighted by Crippen LogP contribution is 2.28. The van der Waals surface area contributed by atoms with Crippen LogP contribution in [0.15, 0.2) is 58.1 Å². The van der Waals surface area contributed by atoms with Crippen LogP contribution in [0, 0.1) is 5.92 Å². The molecule has 0 radical (unpaired) electrons. The zero-order chi connectivity index (χ0) is 20.3. The molecule has 3 heterocycles. The third-order valence-corrected chi connectivity index (χ3v) is 8.77. The number of aromatic nitrogens is 1. The maximum Gasteiger partial charge on any atom is 0.270 e. The third-order valence-electron chi connectivity index (χ3n) is 4.97. The molecule has 0 spiro atoms. The second-order valence-electron chi connectivity index (χ2n) is 6.89. The molecule has 0 unspecified atom stereocenters. The number of sulfonamides is 1. The maximum absolute atomic E-state index is 12.7. The Bertz CT molecular complexity index is 1050. The monoisotopic (exact) mass is 447 g/mol. The van der Waals surface area contributed by atoms with Gasteiger partial charge >= 0.3 is 0 Å². The molecule has 6 nitrogen and oxygen atoms in total. The standard InChI is InChI=1S/C20H21N3O3S3/c24-19(17-14-28-20(22-17)18-7-4-12-27-18)21-13-15-8-10-23(11-9-15)29(25,26)16-5-2-1-3-6-16/h1-7,12,14-15H,8-11,13H2,(H,21,24).